The van der Waals surface area contributed by atoms with Gasteiger partial charge in [0.15, 0.2) is 0 Å². The summed E-state index contributed by atoms with van der Waals surface area (Å²) in [4.78, 5) is 146. The lowest BCUT2D eigenvalue weighted by Crippen LogP contribution is -2.50. The van der Waals surface area contributed by atoms with Gasteiger partial charge >= 0.3 is 17.9 Å². The largest absolute Gasteiger partial charge is 0.494 e. The molecule has 3 aliphatic heterocycles. The van der Waals surface area contributed by atoms with E-state index in [0.717, 1.165) is 9.80 Å². The normalized spacial score (nSPS) is 17.3. The van der Waals surface area contributed by atoms with E-state index in [1.165, 1.54) is 49.8 Å². The molecule has 8 N–H and O–H groups in total. The van der Waals surface area contributed by atoms with Crippen LogP contribution in [-0.2, 0) is 33.5 Å². The molecule has 8 rings (SSSR count). The van der Waals surface area contributed by atoms with Gasteiger partial charge in [-0.3, -0.25) is 77.5 Å². The number of alkyl halides is 4. The summed E-state index contributed by atoms with van der Waals surface area (Å²) in [6.07, 6.45) is 2.95. The van der Waals surface area contributed by atoms with Crippen molar-refractivity contribution in [1.82, 2.24) is 66.0 Å². The highest BCUT2D eigenvalue weighted by Crippen LogP contribution is 2.33. The Morgan fingerprint density at radius 2 is 0.942 bits per heavy atom. The zero-order chi connectivity index (χ0) is 74.9. The molecule has 35 heteroatoms. The van der Waals surface area contributed by atoms with E-state index in [1.54, 1.807) is 68.1 Å². The summed E-state index contributed by atoms with van der Waals surface area (Å²) in [6.45, 7) is -0.955. The van der Waals surface area contributed by atoms with Crippen LogP contribution >= 0.6 is 0 Å². The molecule has 0 saturated carbocycles. The predicted octanol–water partition coefficient (Wildman–Crippen LogP) is 2.03. The molecule has 5 heterocycles. The number of rotatable bonds is 32. The molecule has 3 aliphatic rings. The average molecular weight is 1450 g/mol. The zero-order valence-corrected chi connectivity index (χ0v) is 57.1. The number of likely N-dealkylation sites (tertiary alicyclic amines) is 2. The number of carbonyl (C=O) groups excluding carboxylic acids is 8. The number of nitrogens with one attached hydrogen (secondary N) is 6. The van der Waals surface area contributed by atoms with Crippen LogP contribution in [0.4, 0.5) is 23.2 Å². The van der Waals surface area contributed by atoms with E-state index in [-0.39, 0.29) is 140 Å². The van der Waals surface area contributed by atoms with Gasteiger partial charge in [-0.25, -0.2) is 17.6 Å². The predicted molar refractivity (Wildman–Crippen MR) is 365 cm³/mol. The first-order valence-corrected chi connectivity index (χ1v) is 33.6. The molecule has 2 atom stereocenters. The van der Waals surface area contributed by atoms with E-state index in [0.29, 0.717) is 64.7 Å². The van der Waals surface area contributed by atoms with Crippen LogP contribution in [-0.4, -0.2) is 284 Å². The lowest BCUT2D eigenvalue weighted by Gasteiger charge is -2.33. The Morgan fingerprint density at radius 3 is 1.36 bits per heavy atom. The molecule has 104 heavy (non-hydrogen) atoms. The number of aliphatic carboxylic acids is 2. The first kappa shape index (κ1) is 78.8. The lowest BCUT2D eigenvalue weighted by atomic mass is 10.1. The van der Waals surface area contributed by atoms with Crippen LogP contribution in [0.5, 0.6) is 11.5 Å². The Kier molecular flexibility index (Phi) is 28.7. The molecule has 0 aliphatic carbocycles. The Morgan fingerprint density at radius 1 is 0.519 bits per heavy atom. The van der Waals surface area contributed by atoms with Crippen LogP contribution in [0.1, 0.15) is 80.0 Å². The highest BCUT2D eigenvalue weighted by molar-refractivity contribution is 6.08. The van der Waals surface area contributed by atoms with Crippen LogP contribution in [0.15, 0.2) is 79.1 Å². The minimum Gasteiger partial charge on any atom is -0.494 e. The number of nitriles is 2. The molecule has 0 bridgehead atoms. The monoisotopic (exact) mass is 1450 g/mol. The number of nitrogens with zero attached hydrogens (tertiary/aromatic N) is 10. The number of methoxy groups -OCH3 is 1. The van der Waals surface area contributed by atoms with Gasteiger partial charge in [0.2, 0.25) is 17.7 Å². The van der Waals surface area contributed by atoms with Gasteiger partial charge in [0.25, 0.3) is 35.5 Å². The van der Waals surface area contributed by atoms with E-state index < -0.39 is 122 Å². The summed E-state index contributed by atoms with van der Waals surface area (Å²) in [5, 5.41) is 55.4. The zero-order valence-electron chi connectivity index (χ0n) is 57.1. The highest BCUT2D eigenvalue weighted by Gasteiger charge is 2.48. The number of unbranched alkanes of at least 4 members (excludes halogenated alkanes) is 2. The molecule has 31 nitrogen and oxygen atoms in total. The maximum Gasteiger partial charge on any atom is 0.319 e. The number of ether oxygens (including phenoxy) is 3. The van der Waals surface area contributed by atoms with Gasteiger partial charge in [0, 0.05) is 131 Å². The minimum absolute atomic E-state index is 0.0695. The van der Waals surface area contributed by atoms with Crippen molar-refractivity contribution in [3.8, 4) is 23.6 Å². The Hall–Kier alpha value is -10.9. The summed E-state index contributed by atoms with van der Waals surface area (Å²) in [5.41, 5.74) is 1.71. The molecule has 2 aromatic heterocycles. The van der Waals surface area contributed by atoms with Gasteiger partial charge in [0.1, 0.15) is 23.6 Å². The van der Waals surface area contributed by atoms with Gasteiger partial charge in [-0.1, -0.05) is 0 Å². The van der Waals surface area contributed by atoms with E-state index in [2.05, 4.69) is 41.9 Å². The molecular weight excluding hydrogens is 1370 g/mol. The van der Waals surface area contributed by atoms with Crippen LogP contribution in [0.2, 0.25) is 0 Å². The molecular formula is C69H82F4N16O15. The standard InChI is InChI=1S/C69H82F4N16O15/c1-102-63(97)42-87-24-22-85(40-61(93)94)20-18-84(19-21-86(23-25-87)41-62(95)96)39-58(90)79-17-16-76-47-29-45(64(98)80-12-2-4-26-103-50-6-8-56-54(31-50)52(10-14-77-56)66(100)82-37-59(91)88-43-68(70,71)33-48(88)35-74)28-46(30-47)65(99)81-13-3-5-27-104-51-7-9-57-55(32-51)53(11-15-78-57)67(101)83-38-60(92)89-44-69(72,73)34-49(89)36-75/h6-11,14-15,28-32,48-49,76H,2-5,12-13,16-27,33-34,37-44H2,1H3,(H,79,90)(H,80,98)(H,81,99)(H,82,100)(H,83,101)(H,93,94)(H,95,96)/t48-,49-/m0/s1. The first-order chi connectivity index (χ1) is 49.8. The van der Waals surface area contributed by atoms with Gasteiger partial charge in [-0.2, -0.15) is 10.5 Å². The SMILES string of the molecule is COC(=O)CN1CCN(CC(=O)O)CCN(CC(=O)NCCNc2cc(C(=O)NCCCCOc3ccc4nccc(C(=O)NCC(=O)N5CC(F)(F)C[C@H]5C#N)c4c3)cc(C(=O)NCCCCOc3ccc4nccc(C(=O)NCC(=O)N5CC(F)(F)C[C@H]5C#N)c4c3)c2)CCN(CC(=O)O)CC1. The molecule has 0 radical (unpaired) electrons. The molecule has 3 saturated heterocycles. The van der Waals surface area contributed by atoms with Crippen LogP contribution in [0.3, 0.4) is 0 Å². The number of carboxylic acid groups (broad SMARTS) is 2. The molecule has 7 amide bonds. The highest BCUT2D eigenvalue weighted by atomic mass is 19.3. The molecule has 0 unspecified atom stereocenters. The van der Waals surface area contributed by atoms with E-state index in [1.807, 2.05) is 0 Å². The summed E-state index contributed by atoms with van der Waals surface area (Å²) in [5.74, 6) is -12.8. The lowest BCUT2D eigenvalue weighted by molar-refractivity contribution is -0.143. The average Bonchev–Trinajstić information content (AvgIpc) is 1.12. The van der Waals surface area contributed by atoms with Crippen molar-refractivity contribution in [3.05, 3.63) is 101 Å². The summed E-state index contributed by atoms with van der Waals surface area (Å²) < 4.78 is 72.8. The second-order valence-corrected chi connectivity index (χ2v) is 25.1. The number of hydrogen-bond acceptors (Lipinski definition) is 22. The van der Waals surface area contributed by atoms with Crippen molar-refractivity contribution in [1.29, 1.82) is 10.5 Å². The number of carbonyl (C=O) groups is 10. The Bertz CT molecular complexity index is 3800. The fourth-order valence-electron chi connectivity index (χ4n) is 11.9. The van der Waals surface area contributed by atoms with Crippen molar-refractivity contribution in [2.75, 3.05) is 157 Å². The molecule has 3 fully saturated rings. The number of benzene rings is 3. The molecule has 556 valence electrons. The van der Waals surface area contributed by atoms with Crippen molar-refractivity contribution in [3.63, 3.8) is 0 Å². The molecule has 3 aromatic carbocycles. The number of amides is 7. The van der Waals surface area contributed by atoms with Gasteiger partial charge in [0.05, 0.1) is 107 Å². The third-order valence-corrected chi connectivity index (χ3v) is 17.3. The number of fused-ring (bicyclic) bond motifs is 2. The van der Waals surface area contributed by atoms with Crippen LogP contribution < -0.4 is 41.4 Å². The van der Waals surface area contributed by atoms with E-state index >= 15 is 0 Å². The topological polar surface area (TPSA) is 404 Å². The maximum atomic E-state index is 14.0. The van der Waals surface area contributed by atoms with Crippen molar-refractivity contribution < 1.29 is 89.9 Å². The van der Waals surface area contributed by atoms with Crippen molar-refractivity contribution in [2.45, 2.75) is 62.5 Å². The fourth-order valence-corrected chi connectivity index (χ4v) is 11.9. The first-order valence-electron chi connectivity index (χ1n) is 33.6. The van der Waals surface area contributed by atoms with Gasteiger partial charge < -0.3 is 66.1 Å². The number of carboxylic acids is 2. The Balaban J connectivity index is 0.855. The second-order valence-electron chi connectivity index (χ2n) is 25.1. The number of hydrogen-bond donors (Lipinski definition) is 8. The number of pyridine rings is 2. The van der Waals surface area contributed by atoms with Gasteiger partial charge in [-0.15, -0.1) is 0 Å². The maximum absolute atomic E-state index is 14.0. The van der Waals surface area contributed by atoms with E-state index in [4.69, 9.17) is 14.2 Å². The smallest absolute Gasteiger partial charge is 0.319 e. The third kappa shape index (κ3) is 23.9. The van der Waals surface area contributed by atoms with Crippen LogP contribution in [0, 0.1) is 22.7 Å². The number of esters is 1. The van der Waals surface area contributed by atoms with Crippen molar-refractivity contribution >= 4 is 86.8 Å². The van der Waals surface area contributed by atoms with Crippen LogP contribution in [0.25, 0.3) is 21.8 Å². The third-order valence-electron chi connectivity index (χ3n) is 17.3. The number of anilines is 1. The molecule has 5 aromatic rings. The van der Waals surface area contributed by atoms with E-state index in [9.17, 15) is 86.2 Å². The summed E-state index contributed by atoms with van der Waals surface area (Å²) in [7, 11) is 1.25. The van der Waals surface area contributed by atoms with Gasteiger partial charge in [-0.05, 0) is 92.4 Å². The number of halogens is 4. The second kappa shape index (κ2) is 37.9. The minimum atomic E-state index is -3.23. The number of aromatic nitrogens is 2. The Labute approximate surface area is 595 Å². The fraction of sp³-hybridized carbons (Fsp3) is 0.478. The molecule has 0 spiro atoms. The van der Waals surface area contributed by atoms with Crippen molar-refractivity contribution in [2.24, 2.45) is 0 Å². The summed E-state index contributed by atoms with van der Waals surface area (Å²) in [6, 6.07) is 17.8. The quantitative estimate of drug-likeness (QED) is 0.0173. The summed E-state index contributed by atoms with van der Waals surface area (Å²) >= 11 is 0.